The molecule has 0 saturated carbocycles. The van der Waals surface area contributed by atoms with Crippen LogP contribution in [-0.4, -0.2) is 47.9 Å². The van der Waals surface area contributed by atoms with E-state index in [2.05, 4.69) is 20.3 Å². The van der Waals surface area contributed by atoms with Gasteiger partial charge in [0.1, 0.15) is 5.65 Å². The van der Waals surface area contributed by atoms with E-state index >= 15 is 0 Å². The summed E-state index contributed by atoms with van der Waals surface area (Å²) in [5.74, 6) is -0.709. The molecule has 1 amide bonds. The number of sulfonamides is 1. The van der Waals surface area contributed by atoms with Gasteiger partial charge in [-0.3, -0.25) is 14.5 Å². The zero-order valence-electron chi connectivity index (χ0n) is 13.7. The zero-order chi connectivity index (χ0) is 18.9. The summed E-state index contributed by atoms with van der Waals surface area (Å²) in [6.07, 6.45) is 1.43. The van der Waals surface area contributed by atoms with Gasteiger partial charge in [-0.05, 0) is 12.1 Å². The third-order valence-corrected chi connectivity index (χ3v) is 4.22. The van der Waals surface area contributed by atoms with Crippen molar-refractivity contribution in [2.24, 2.45) is 5.14 Å². The SMILES string of the molecule is COc1cc(OC)nc(NC(=O)c2nc3ccccn3c2S(N)(=O)=O)n1. The molecular weight excluding hydrogens is 364 g/mol. The van der Waals surface area contributed by atoms with Crippen molar-refractivity contribution in [3.8, 4) is 11.8 Å². The monoisotopic (exact) mass is 378 g/mol. The molecule has 12 heteroatoms. The van der Waals surface area contributed by atoms with Crippen molar-refractivity contribution in [2.75, 3.05) is 19.5 Å². The van der Waals surface area contributed by atoms with Gasteiger partial charge in [0.15, 0.2) is 10.7 Å². The fraction of sp³-hybridized carbons (Fsp3) is 0.143. The number of imidazole rings is 1. The lowest BCUT2D eigenvalue weighted by Crippen LogP contribution is -2.22. The van der Waals surface area contributed by atoms with Crippen LogP contribution in [0.3, 0.4) is 0 Å². The highest BCUT2D eigenvalue weighted by atomic mass is 32.2. The van der Waals surface area contributed by atoms with E-state index in [0.29, 0.717) is 0 Å². The second kappa shape index (κ2) is 6.57. The van der Waals surface area contributed by atoms with Gasteiger partial charge in [-0.1, -0.05) is 6.07 Å². The van der Waals surface area contributed by atoms with Crippen LogP contribution in [0, 0.1) is 0 Å². The number of fused-ring (bicyclic) bond motifs is 1. The molecule has 0 saturated heterocycles. The summed E-state index contributed by atoms with van der Waals surface area (Å²) in [4.78, 5) is 24.5. The minimum absolute atomic E-state index is 0.147. The Morgan fingerprint density at radius 2 is 1.81 bits per heavy atom. The molecule has 3 aromatic heterocycles. The van der Waals surface area contributed by atoms with Gasteiger partial charge in [0, 0.05) is 6.20 Å². The lowest BCUT2D eigenvalue weighted by atomic mass is 10.4. The highest BCUT2D eigenvalue weighted by Gasteiger charge is 2.27. The van der Waals surface area contributed by atoms with Gasteiger partial charge in [0.25, 0.3) is 15.9 Å². The number of hydrogen-bond acceptors (Lipinski definition) is 8. The van der Waals surface area contributed by atoms with Gasteiger partial charge >= 0.3 is 0 Å². The number of nitrogens with zero attached hydrogens (tertiary/aromatic N) is 4. The first-order chi connectivity index (χ1) is 12.3. The van der Waals surface area contributed by atoms with Gasteiger partial charge in [-0.2, -0.15) is 9.97 Å². The average Bonchev–Trinajstić information content (AvgIpc) is 3.01. The number of hydrogen-bond donors (Lipinski definition) is 2. The zero-order valence-corrected chi connectivity index (χ0v) is 14.5. The predicted octanol–water partition coefficient (Wildman–Crippen LogP) is 0.0412. The van der Waals surface area contributed by atoms with Gasteiger partial charge in [0.2, 0.25) is 17.7 Å². The molecule has 0 radical (unpaired) electrons. The van der Waals surface area contributed by atoms with Crippen LogP contribution in [-0.2, 0) is 10.0 Å². The quantitative estimate of drug-likeness (QED) is 0.631. The summed E-state index contributed by atoms with van der Waals surface area (Å²) in [6, 6.07) is 6.18. The molecular formula is C14H14N6O5S. The van der Waals surface area contributed by atoms with Crippen LogP contribution in [0.25, 0.3) is 5.65 Å². The van der Waals surface area contributed by atoms with Crippen molar-refractivity contribution in [3.63, 3.8) is 0 Å². The van der Waals surface area contributed by atoms with E-state index in [4.69, 9.17) is 14.6 Å². The van der Waals surface area contributed by atoms with E-state index in [1.807, 2.05) is 0 Å². The molecule has 3 rings (SSSR count). The molecule has 0 bridgehead atoms. The van der Waals surface area contributed by atoms with E-state index in [9.17, 15) is 13.2 Å². The summed E-state index contributed by atoms with van der Waals surface area (Å²) in [6.45, 7) is 0. The number of ether oxygens (including phenoxy) is 2. The molecule has 0 aliphatic heterocycles. The average molecular weight is 378 g/mol. The lowest BCUT2D eigenvalue weighted by molar-refractivity contribution is 0.101. The number of anilines is 1. The van der Waals surface area contributed by atoms with Crippen molar-refractivity contribution in [2.45, 2.75) is 5.03 Å². The first-order valence-corrected chi connectivity index (χ1v) is 8.66. The Labute approximate surface area is 147 Å². The Kier molecular flexibility index (Phi) is 4.44. The summed E-state index contributed by atoms with van der Waals surface area (Å²) in [7, 11) is -1.46. The molecule has 136 valence electrons. The molecule has 0 fully saturated rings. The van der Waals surface area contributed by atoms with E-state index in [1.165, 1.54) is 36.9 Å². The third kappa shape index (κ3) is 3.27. The van der Waals surface area contributed by atoms with Gasteiger partial charge in [-0.25, -0.2) is 18.5 Å². The van der Waals surface area contributed by atoms with Gasteiger partial charge in [0.05, 0.1) is 20.3 Å². The number of nitrogens with one attached hydrogen (secondary N) is 1. The van der Waals surface area contributed by atoms with Crippen molar-refractivity contribution >= 4 is 27.5 Å². The van der Waals surface area contributed by atoms with Gasteiger partial charge in [-0.15, -0.1) is 0 Å². The number of pyridine rings is 1. The Morgan fingerprint density at radius 1 is 1.15 bits per heavy atom. The Hall–Kier alpha value is -3.25. The molecule has 0 unspecified atom stereocenters. The Bertz CT molecular complexity index is 1070. The number of methoxy groups -OCH3 is 2. The topological polar surface area (TPSA) is 151 Å². The van der Waals surface area contributed by atoms with E-state index in [-0.39, 0.29) is 29.0 Å². The number of carbonyl (C=O) groups excluding carboxylic acids is 1. The van der Waals surface area contributed by atoms with Crippen LogP contribution < -0.4 is 19.9 Å². The minimum Gasteiger partial charge on any atom is -0.481 e. The van der Waals surface area contributed by atoms with Crippen molar-refractivity contribution in [1.29, 1.82) is 0 Å². The number of primary sulfonamides is 1. The van der Waals surface area contributed by atoms with Crippen molar-refractivity contribution < 1.29 is 22.7 Å². The molecule has 0 atom stereocenters. The number of carbonyl (C=O) groups is 1. The van der Waals surface area contributed by atoms with Crippen LogP contribution in [0.4, 0.5) is 5.95 Å². The van der Waals surface area contributed by atoms with Crippen LogP contribution in [0.5, 0.6) is 11.8 Å². The molecule has 0 aliphatic rings. The highest BCUT2D eigenvalue weighted by Crippen LogP contribution is 2.20. The minimum atomic E-state index is -4.23. The maximum absolute atomic E-state index is 12.6. The number of amides is 1. The summed E-state index contributed by atoms with van der Waals surface area (Å²) >= 11 is 0. The molecule has 11 nitrogen and oxygen atoms in total. The number of rotatable bonds is 5. The fourth-order valence-corrected chi connectivity index (χ4v) is 3.06. The van der Waals surface area contributed by atoms with Crippen LogP contribution in [0.2, 0.25) is 0 Å². The summed E-state index contributed by atoms with van der Waals surface area (Å²) in [5, 5.41) is 7.17. The first-order valence-electron chi connectivity index (χ1n) is 7.12. The number of nitrogens with two attached hydrogens (primary N) is 1. The second-order valence-electron chi connectivity index (χ2n) is 4.97. The maximum Gasteiger partial charge on any atom is 0.279 e. The third-order valence-electron chi connectivity index (χ3n) is 3.29. The second-order valence-corrected chi connectivity index (χ2v) is 6.45. The van der Waals surface area contributed by atoms with Crippen LogP contribution in [0.15, 0.2) is 35.5 Å². The molecule has 0 aromatic carbocycles. The molecule has 0 aliphatic carbocycles. The standard InChI is InChI=1S/C14H14N6O5S/c1-24-9-7-10(25-2)18-14(17-9)19-12(21)11-13(26(15,22)23)20-6-4-3-5-8(20)16-11/h3-7H,1-2H3,(H2,15,22,23)(H,17,18,19,21). The molecule has 3 heterocycles. The first kappa shape index (κ1) is 17.6. The highest BCUT2D eigenvalue weighted by molar-refractivity contribution is 7.89. The molecule has 0 spiro atoms. The summed E-state index contributed by atoms with van der Waals surface area (Å²) in [5.41, 5.74) is -0.144. The fourth-order valence-electron chi connectivity index (χ4n) is 2.22. The summed E-state index contributed by atoms with van der Waals surface area (Å²) < 4.78 is 35.1. The molecule has 3 aromatic rings. The van der Waals surface area contributed by atoms with Crippen LogP contribution >= 0.6 is 0 Å². The smallest absolute Gasteiger partial charge is 0.279 e. The van der Waals surface area contributed by atoms with Crippen molar-refractivity contribution in [3.05, 3.63) is 36.2 Å². The molecule has 3 N–H and O–H groups in total. The Balaban J connectivity index is 2.06. The largest absolute Gasteiger partial charge is 0.481 e. The molecule has 26 heavy (non-hydrogen) atoms. The normalized spacial score (nSPS) is 11.3. The number of aromatic nitrogens is 4. The van der Waals surface area contributed by atoms with E-state index in [0.717, 1.165) is 0 Å². The lowest BCUT2D eigenvalue weighted by Gasteiger charge is -2.07. The van der Waals surface area contributed by atoms with Crippen molar-refractivity contribution in [1.82, 2.24) is 19.4 Å². The Morgan fingerprint density at radius 3 is 2.38 bits per heavy atom. The maximum atomic E-state index is 12.6. The van der Waals surface area contributed by atoms with Crippen LogP contribution in [0.1, 0.15) is 10.5 Å². The predicted molar refractivity (Wildman–Crippen MR) is 89.7 cm³/mol. The van der Waals surface area contributed by atoms with E-state index in [1.54, 1.807) is 12.1 Å². The van der Waals surface area contributed by atoms with Gasteiger partial charge < -0.3 is 9.47 Å². The van der Waals surface area contributed by atoms with E-state index < -0.39 is 21.0 Å².